The van der Waals surface area contributed by atoms with E-state index < -0.39 is 0 Å². The molecule has 0 aromatic carbocycles. The maximum Gasteiger partial charge on any atom is 0.273 e. The molecule has 19 heavy (non-hydrogen) atoms. The number of aromatic nitrogens is 2. The molecule has 104 valence electrons. The molecule has 1 saturated carbocycles. The number of likely N-dealkylation sites (N-methyl/N-ethyl adjacent to an activating group) is 2. The van der Waals surface area contributed by atoms with Crippen LogP contribution in [0.4, 0.5) is 0 Å². The second-order valence-corrected chi connectivity index (χ2v) is 5.75. The van der Waals surface area contributed by atoms with Crippen molar-refractivity contribution in [3.8, 4) is 0 Å². The van der Waals surface area contributed by atoms with Crippen LogP contribution in [0.1, 0.15) is 29.8 Å². The lowest BCUT2D eigenvalue weighted by Crippen LogP contribution is -2.57. The molecule has 1 aliphatic rings. The summed E-state index contributed by atoms with van der Waals surface area (Å²) in [6, 6.07) is 0. The lowest BCUT2D eigenvalue weighted by Gasteiger charge is -2.49. The van der Waals surface area contributed by atoms with Gasteiger partial charge in [-0.2, -0.15) is 0 Å². The minimum atomic E-state index is -0.114. The smallest absolute Gasteiger partial charge is 0.273 e. The Morgan fingerprint density at radius 1 is 1.32 bits per heavy atom. The first-order valence-corrected chi connectivity index (χ1v) is 6.73. The average Bonchev–Trinajstić information content (AvgIpc) is 2.33. The normalized spacial score (nSPS) is 17.1. The highest BCUT2D eigenvalue weighted by Gasteiger charge is 2.40. The molecule has 0 unspecified atom stereocenters. The molecule has 1 amide bonds. The van der Waals surface area contributed by atoms with Crippen molar-refractivity contribution in [2.45, 2.75) is 24.8 Å². The van der Waals surface area contributed by atoms with Gasteiger partial charge in [0.1, 0.15) is 10.8 Å². The van der Waals surface area contributed by atoms with E-state index in [2.05, 4.69) is 29.0 Å². The number of carbonyl (C=O) groups is 1. The van der Waals surface area contributed by atoms with Crippen molar-refractivity contribution in [3.63, 3.8) is 0 Å². The zero-order valence-corrected chi connectivity index (χ0v) is 12.3. The van der Waals surface area contributed by atoms with E-state index in [4.69, 9.17) is 11.6 Å². The maximum atomic E-state index is 12.3. The molecule has 0 N–H and O–H groups in total. The highest BCUT2D eigenvalue weighted by Crippen LogP contribution is 2.36. The molecule has 0 aliphatic heterocycles. The van der Waals surface area contributed by atoms with Gasteiger partial charge >= 0.3 is 0 Å². The molecule has 5 nitrogen and oxygen atoms in total. The topological polar surface area (TPSA) is 49.3 Å². The monoisotopic (exact) mass is 282 g/mol. The van der Waals surface area contributed by atoms with E-state index in [1.54, 1.807) is 4.90 Å². The van der Waals surface area contributed by atoms with E-state index in [-0.39, 0.29) is 11.4 Å². The third-order valence-electron chi connectivity index (χ3n) is 3.95. The molecular weight excluding hydrogens is 264 g/mol. The fourth-order valence-corrected chi connectivity index (χ4v) is 2.56. The number of halogens is 1. The molecule has 0 spiro atoms. The van der Waals surface area contributed by atoms with Crippen LogP contribution in [0.15, 0.2) is 12.4 Å². The van der Waals surface area contributed by atoms with Gasteiger partial charge in [0.05, 0.1) is 12.4 Å². The molecule has 1 aromatic heterocycles. The summed E-state index contributed by atoms with van der Waals surface area (Å²) in [5, 5.41) is 0.294. The van der Waals surface area contributed by atoms with Gasteiger partial charge in [-0.15, -0.1) is 0 Å². The molecule has 1 heterocycles. The largest absolute Gasteiger partial charge is 0.338 e. The van der Waals surface area contributed by atoms with E-state index in [0.717, 1.165) is 12.8 Å². The number of nitrogens with zero attached hydrogens (tertiary/aromatic N) is 4. The number of carbonyl (C=O) groups excluding carboxylic acids is 1. The highest BCUT2D eigenvalue weighted by molar-refractivity contribution is 6.29. The Bertz CT molecular complexity index is 456. The van der Waals surface area contributed by atoms with Crippen LogP contribution < -0.4 is 0 Å². The lowest BCUT2D eigenvalue weighted by molar-refractivity contribution is 0.0250. The van der Waals surface area contributed by atoms with Gasteiger partial charge in [-0.1, -0.05) is 11.6 Å². The summed E-state index contributed by atoms with van der Waals surface area (Å²) in [6.45, 7) is 0.711. The van der Waals surface area contributed by atoms with Crippen LogP contribution in [0.2, 0.25) is 5.15 Å². The van der Waals surface area contributed by atoms with E-state index in [1.807, 2.05) is 7.05 Å². The maximum absolute atomic E-state index is 12.3. The van der Waals surface area contributed by atoms with Crippen molar-refractivity contribution in [1.29, 1.82) is 0 Å². The Balaban J connectivity index is 2.05. The lowest BCUT2D eigenvalue weighted by atomic mass is 9.75. The van der Waals surface area contributed by atoms with Gasteiger partial charge in [0, 0.05) is 19.1 Å². The predicted molar refractivity (Wildman–Crippen MR) is 74.3 cm³/mol. The number of hydrogen-bond acceptors (Lipinski definition) is 4. The summed E-state index contributed by atoms with van der Waals surface area (Å²) in [5.74, 6) is -0.114. The second-order valence-electron chi connectivity index (χ2n) is 5.36. The van der Waals surface area contributed by atoms with Gasteiger partial charge in [0.15, 0.2) is 0 Å². The Morgan fingerprint density at radius 2 is 2.00 bits per heavy atom. The fourth-order valence-electron chi connectivity index (χ4n) is 2.46. The Labute approximate surface area is 118 Å². The minimum absolute atomic E-state index is 0.114. The molecule has 2 rings (SSSR count). The molecule has 0 radical (unpaired) electrons. The van der Waals surface area contributed by atoms with Gasteiger partial charge in [0.2, 0.25) is 0 Å². The van der Waals surface area contributed by atoms with Gasteiger partial charge < -0.3 is 9.80 Å². The number of rotatable bonds is 4. The van der Waals surface area contributed by atoms with Crippen LogP contribution in [0.3, 0.4) is 0 Å². The third kappa shape index (κ3) is 2.87. The SMILES string of the molecule is CN(CC1(N(C)C)CCC1)C(=O)c1cnc(Cl)cn1. The van der Waals surface area contributed by atoms with Crippen LogP contribution >= 0.6 is 11.6 Å². The minimum Gasteiger partial charge on any atom is -0.338 e. The summed E-state index contributed by atoms with van der Waals surface area (Å²) in [7, 11) is 5.95. The molecule has 0 bridgehead atoms. The van der Waals surface area contributed by atoms with E-state index in [9.17, 15) is 4.79 Å². The van der Waals surface area contributed by atoms with Crippen molar-refractivity contribution < 1.29 is 4.79 Å². The van der Waals surface area contributed by atoms with Crippen molar-refractivity contribution >= 4 is 17.5 Å². The van der Waals surface area contributed by atoms with Gasteiger partial charge in [0.25, 0.3) is 5.91 Å². The highest BCUT2D eigenvalue weighted by atomic mass is 35.5. The zero-order chi connectivity index (χ0) is 14.0. The van der Waals surface area contributed by atoms with Crippen LogP contribution in [0.25, 0.3) is 0 Å². The van der Waals surface area contributed by atoms with Crippen LogP contribution in [-0.2, 0) is 0 Å². The van der Waals surface area contributed by atoms with Crippen LogP contribution in [0.5, 0.6) is 0 Å². The number of amides is 1. The fraction of sp³-hybridized carbons (Fsp3) is 0.615. The summed E-state index contributed by atoms with van der Waals surface area (Å²) in [5.41, 5.74) is 0.449. The molecule has 1 aliphatic carbocycles. The molecular formula is C13H19ClN4O. The first kappa shape index (κ1) is 14.2. The van der Waals surface area contributed by atoms with E-state index in [0.29, 0.717) is 17.4 Å². The average molecular weight is 283 g/mol. The Kier molecular flexibility index (Phi) is 4.06. The molecule has 0 atom stereocenters. The summed E-state index contributed by atoms with van der Waals surface area (Å²) in [4.78, 5) is 24.1. The second kappa shape index (κ2) is 5.43. The first-order chi connectivity index (χ1) is 8.94. The third-order valence-corrected chi connectivity index (χ3v) is 4.15. The summed E-state index contributed by atoms with van der Waals surface area (Å²) in [6.07, 6.45) is 6.30. The van der Waals surface area contributed by atoms with E-state index >= 15 is 0 Å². The summed E-state index contributed by atoms with van der Waals surface area (Å²) < 4.78 is 0. The van der Waals surface area contributed by atoms with Gasteiger partial charge in [-0.05, 0) is 33.4 Å². The van der Waals surface area contributed by atoms with Crippen molar-refractivity contribution in [1.82, 2.24) is 19.8 Å². The van der Waals surface area contributed by atoms with Crippen molar-refractivity contribution in [2.75, 3.05) is 27.7 Å². The Morgan fingerprint density at radius 3 is 2.42 bits per heavy atom. The zero-order valence-electron chi connectivity index (χ0n) is 11.6. The number of hydrogen-bond donors (Lipinski definition) is 0. The van der Waals surface area contributed by atoms with Gasteiger partial charge in [-0.25, -0.2) is 9.97 Å². The molecule has 1 fully saturated rings. The van der Waals surface area contributed by atoms with E-state index in [1.165, 1.54) is 18.8 Å². The summed E-state index contributed by atoms with van der Waals surface area (Å²) >= 11 is 5.67. The predicted octanol–water partition coefficient (Wildman–Crippen LogP) is 1.69. The Hall–Kier alpha value is -1.20. The van der Waals surface area contributed by atoms with Crippen LogP contribution in [-0.4, -0.2) is 58.9 Å². The quantitative estimate of drug-likeness (QED) is 0.843. The standard InChI is InChI=1S/C13H19ClN4O/c1-17(2)13(5-4-6-13)9-18(3)12(19)10-7-16-11(14)8-15-10/h7-8H,4-6,9H2,1-3H3. The van der Waals surface area contributed by atoms with Crippen molar-refractivity contribution in [2.24, 2.45) is 0 Å². The molecule has 1 aromatic rings. The van der Waals surface area contributed by atoms with Gasteiger partial charge in [-0.3, -0.25) is 4.79 Å². The molecule has 6 heteroatoms. The van der Waals surface area contributed by atoms with Crippen LogP contribution in [0, 0.1) is 0 Å². The molecule has 0 saturated heterocycles. The van der Waals surface area contributed by atoms with Crippen molar-refractivity contribution in [3.05, 3.63) is 23.2 Å². The first-order valence-electron chi connectivity index (χ1n) is 6.35.